The smallest absolute Gasteiger partial charge is 0.197 e. The third-order valence-corrected chi connectivity index (χ3v) is 3.96. The Kier molecular flexibility index (Phi) is 4.23. The van der Waals surface area contributed by atoms with Gasteiger partial charge in [-0.15, -0.1) is 0 Å². The second-order valence-electron chi connectivity index (χ2n) is 5.57. The van der Waals surface area contributed by atoms with E-state index in [1.165, 1.54) is 24.1 Å². The van der Waals surface area contributed by atoms with E-state index in [2.05, 4.69) is 19.2 Å². The summed E-state index contributed by atoms with van der Waals surface area (Å²) in [5.74, 6) is 3.48. The van der Waals surface area contributed by atoms with Crippen LogP contribution in [0.15, 0.2) is 16.5 Å². The second kappa shape index (κ2) is 6.29. The van der Waals surface area contributed by atoms with E-state index in [9.17, 15) is 0 Å². The molecule has 2 heterocycles. The molecular weight excluding hydrogens is 262 g/mol. The molecule has 2 aromatic rings. The summed E-state index contributed by atoms with van der Waals surface area (Å²) in [6.45, 7) is 5.20. The standard InChI is InChI=1S/C17H23N3O/c1-3-11-18-16-13-7-5-6-8-14(13)19-17(20-16)15-10-9-12(4-2)21-15/h9-10H,3-8,11H2,1-2H3,(H,18,19,20). The predicted octanol–water partition coefficient (Wildman–Crippen LogP) is 4.00. The van der Waals surface area contributed by atoms with Crippen molar-refractivity contribution in [3.05, 3.63) is 29.2 Å². The first kappa shape index (κ1) is 14.1. The molecule has 0 aliphatic heterocycles. The lowest BCUT2D eigenvalue weighted by Crippen LogP contribution is -2.14. The van der Waals surface area contributed by atoms with E-state index < -0.39 is 0 Å². The third kappa shape index (κ3) is 2.94. The molecule has 0 amide bonds. The van der Waals surface area contributed by atoms with Crippen LogP contribution in [0.1, 0.15) is 50.1 Å². The molecule has 4 heteroatoms. The molecule has 4 nitrogen and oxygen atoms in total. The van der Waals surface area contributed by atoms with E-state index >= 15 is 0 Å². The maximum absolute atomic E-state index is 5.82. The van der Waals surface area contributed by atoms with E-state index in [4.69, 9.17) is 14.4 Å². The van der Waals surface area contributed by atoms with Crippen molar-refractivity contribution in [3.63, 3.8) is 0 Å². The average molecular weight is 285 g/mol. The number of aromatic nitrogens is 2. The van der Waals surface area contributed by atoms with Gasteiger partial charge in [-0.3, -0.25) is 0 Å². The zero-order valence-corrected chi connectivity index (χ0v) is 12.9. The summed E-state index contributed by atoms with van der Waals surface area (Å²) in [6.07, 6.45) is 6.57. The van der Waals surface area contributed by atoms with Gasteiger partial charge < -0.3 is 9.73 Å². The van der Waals surface area contributed by atoms with Crippen LogP contribution in [0.3, 0.4) is 0 Å². The lowest BCUT2D eigenvalue weighted by Gasteiger charge is -2.19. The highest BCUT2D eigenvalue weighted by atomic mass is 16.3. The van der Waals surface area contributed by atoms with Crippen LogP contribution in [-0.2, 0) is 19.3 Å². The molecule has 0 spiro atoms. The maximum Gasteiger partial charge on any atom is 0.197 e. The predicted molar refractivity (Wildman–Crippen MR) is 84.5 cm³/mol. The Hall–Kier alpha value is -1.84. The minimum absolute atomic E-state index is 0.717. The summed E-state index contributed by atoms with van der Waals surface area (Å²) in [4.78, 5) is 9.48. The highest BCUT2D eigenvalue weighted by Crippen LogP contribution is 2.29. The molecule has 0 saturated heterocycles. The van der Waals surface area contributed by atoms with Gasteiger partial charge in [0.15, 0.2) is 11.6 Å². The summed E-state index contributed by atoms with van der Waals surface area (Å²) >= 11 is 0. The Morgan fingerprint density at radius 1 is 1.14 bits per heavy atom. The van der Waals surface area contributed by atoms with Crippen LogP contribution in [0.2, 0.25) is 0 Å². The Morgan fingerprint density at radius 2 is 2.00 bits per heavy atom. The van der Waals surface area contributed by atoms with Gasteiger partial charge in [-0.25, -0.2) is 9.97 Å². The number of fused-ring (bicyclic) bond motifs is 1. The van der Waals surface area contributed by atoms with Crippen molar-refractivity contribution in [2.75, 3.05) is 11.9 Å². The number of hydrogen-bond donors (Lipinski definition) is 1. The normalized spacial score (nSPS) is 14.0. The van der Waals surface area contributed by atoms with Gasteiger partial charge in [0.1, 0.15) is 11.6 Å². The highest BCUT2D eigenvalue weighted by molar-refractivity contribution is 5.56. The zero-order valence-electron chi connectivity index (χ0n) is 12.9. The van der Waals surface area contributed by atoms with Gasteiger partial charge in [0.05, 0.1) is 0 Å². The van der Waals surface area contributed by atoms with Gasteiger partial charge in [0.25, 0.3) is 0 Å². The number of anilines is 1. The van der Waals surface area contributed by atoms with Crippen molar-refractivity contribution in [3.8, 4) is 11.6 Å². The lowest BCUT2D eigenvalue weighted by molar-refractivity contribution is 0.524. The SMILES string of the molecule is CCCNc1nc(-c2ccc(CC)o2)nc2c1CCCC2. The Balaban J connectivity index is 2.00. The summed E-state index contributed by atoms with van der Waals surface area (Å²) in [5.41, 5.74) is 2.50. The minimum Gasteiger partial charge on any atom is -0.458 e. The summed E-state index contributed by atoms with van der Waals surface area (Å²) in [6, 6.07) is 3.99. The Labute approximate surface area is 126 Å². The quantitative estimate of drug-likeness (QED) is 0.902. The van der Waals surface area contributed by atoms with Gasteiger partial charge in [0.2, 0.25) is 0 Å². The van der Waals surface area contributed by atoms with Gasteiger partial charge in [-0.1, -0.05) is 13.8 Å². The molecule has 1 N–H and O–H groups in total. The first-order valence-corrected chi connectivity index (χ1v) is 8.04. The molecule has 0 radical (unpaired) electrons. The molecule has 0 atom stereocenters. The molecule has 3 rings (SSSR count). The summed E-state index contributed by atoms with van der Waals surface area (Å²) < 4.78 is 5.82. The van der Waals surface area contributed by atoms with Crippen LogP contribution in [0, 0.1) is 0 Å². The lowest BCUT2D eigenvalue weighted by atomic mass is 9.96. The van der Waals surface area contributed by atoms with Crippen LogP contribution < -0.4 is 5.32 Å². The molecule has 1 aliphatic carbocycles. The Morgan fingerprint density at radius 3 is 2.76 bits per heavy atom. The van der Waals surface area contributed by atoms with Gasteiger partial charge in [-0.2, -0.15) is 0 Å². The molecule has 0 unspecified atom stereocenters. The maximum atomic E-state index is 5.82. The number of nitrogens with one attached hydrogen (secondary N) is 1. The minimum atomic E-state index is 0.717. The van der Waals surface area contributed by atoms with Crippen molar-refractivity contribution in [2.24, 2.45) is 0 Å². The molecule has 2 aromatic heterocycles. The van der Waals surface area contributed by atoms with Gasteiger partial charge in [-0.05, 0) is 44.2 Å². The van der Waals surface area contributed by atoms with E-state index in [1.807, 2.05) is 12.1 Å². The zero-order chi connectivity index (χ0) is 14.7. The largest absolute Gasteiger partial charge is 0.458 e. The summed E-state index contributed by atoms with van der Waals surface area (Å²) in [5, 5.41) is 3.46. The van der Waals surface area contributed by atoms with Crippen LogP contribution >= 0.6 is 0 Å². The van der Waals surface area contributed by atoms with Crippen molar-refractivity contribution in [1.82, 2.24) is 9.97 Å². The Bertz CT molecular complexity index is 618. The van der Waals surface area contributed by atoms with Crippen molar-refractivity contribution >= 4 is 5.82 Å². The number of aryl methyl sites for hydroxylation is 2. The molecule has 0 bridgehead atoms. The van der Waals surface area contributed by atoms with Crippen LogP contribution in [0.4, 0.5) is 5.82 Å². The average Bonchev–Trinajstić information content (AvgIpc) is 3.01. The fraction of sp³-hybridized carbons (Fsp3) is 0.529. The van der Waals surface area contributed by atoms with E-state index in [0.717, 1.165) is 49.6 Å². The molecule has 0 fully saturated rings. The van der Waals surface area contributed by atoms with E-state index in [1.54, 1.807) is 0 Å². The first-order chi connectivity index (χ1) is 10.3. The van der Waals surface area contributed by atoms with E-state index in [-0.39, 0.29) is 0 Å². The van der Waals surface area contributed by atoms with Crippen molar-refractivity contribution in [1.29, 1.82) is 0 Å². The molecule has 112 valence electrons. The topological polar surface area (TPSA) is 51.0 Å². The summed E-state index contributed by atoms with van der Waals surface area (Å²) in [7, 11) is 0. The molecule has 21 heavy (non-hydrogen) atoms. The molecule has 0 aromatic carbocycles. The molecule has 0 saturated carbocycles. The fourth-order valence-electron chi connectivity index (χ4n) is 2.78. The van der Waals surface area contributed by atoms with Crippen LogP contribution in [-0.4, -0.2) is 16.5 Å². The van der Waals surface area contributed by atoms with Crippen molar-refractivity contribution < 1.29 is 4.42 Å². The van der Waals surface area contributed by atoms with Crippen molar-refractivity contribution in [2.45, 2.75) is 52.4 Å². The van der Waals surface area contributed by atoms with Gasteiger partial charge >= 0.3 is 0 Å². The van der Waals surface area contributed by atoms with Gasteiger partial charge in [0, 0.05) is 24.2 Å². The van der Waals surface area contributed by atoms with Crippen LogP contribution in [0.25, 0.3) is 11.6 Å². The molecular formula is C17H23N3O. The number of rotatable bonds is 5. The highest BCUT2D eigenvalue weighted by Gasteiger charge is 2.19. The fourth-order valence-corrected chi connectivity index (χ4v) is 2.78. The number of hydrogen-bond acceptors (Lipinski definition) is 4. The van der Waals surface area contributed by atoms with Crippen LogP contribution in [0.5, 0.6) is 0 Å². The second-order valence-corrected chi connectivity index (χ2v) is 5.57. The monoisotopic (exact) mass is 285 g/mol. The number of nitrogens with zero attached hydrogens (tertiary/aromatic N) is 2. The van der Waals surface area contributed by atoms with E-state index in [0.29, 0.717) is 5.82 Å². The number of furan rings is 1. The third-order valence-electron chi connectivity index (χ3n) is 3.96. The first-order valence-electron chi connectivity index (χ1n) is 8.04. The molecule has 1 aliphatic rings.